The summed E-state index contributed by atoms with van der Waals surface area (Å²) in [5, 5.41) is 1.19. The second-order valence-corrected chi connectivity index (χ2v) is 6.82. The minimum atomic E-state index is 0.160. The fourth-order valence-electron chi connectivity index (χ4n) is 3.53. The van der Waals surface area contributed by atoms with Crippen LogP contribution in [0, 0.1) is 0 Å². The van der Waals surface area contributed by atoms with E-state index in [1.54, 1.807) is 0 Å². The van der Waals surface area contributed by atoms with Crippen LogP contribution in [0.25, 0.3) is 11.0 Å². The number of nitrogens with one attached hydrogen (secondary N) is 1. The lowest BCUT2D eigenvalue weighted by Gasteiger charge is -2.19. The maximum absolute atomic E-state index is 5.93. The molecule has 2 aromatic heterocycles. The van der Waals surface area contributed by atoms with Crippen molar-refractivity contribution >= 4 is 11.0 Å². The van der Waals surface area contributed by atoms with E-state index in [-0.39, 0.29) is 6.10 Å². The number of para-hydroxylation sites is 1. The van der Waals surface area contributed by atoms with Crippen molar-refractivity contribution in [3.05, 3.63) is 59.9 Å². The highest BCUT2D eigenvalue weighted by Crippen LogP contribution is 2.34. The second kappa shape index (κ2) is 7.89. The van der Waals surface area contributed by atoms with Crippen molar-refractivity contribution in [1.82, 2.24) is 14.9 Å². The number of aromatic amines is 1. The number of ether oxygens (including phenoxy) is 2. The maximum atomic E-state index is 5.93. The molecule has 1 N–H and O–H groups in total. The third-order valence-electron chi connectivity index (χ3n) is 4.88. The van der Waals surface area contributed by atoms with Gasteiger partial charge in [-0.2, -0.15) is 0 Å². The molecular formula is C21H25N3O2. The lowest BCUT2D eigenvalue weighted by atomic mass is 10.1. The van der Waals surface area contributed by atoms with Crippen LogP contribution in [0.5, 0.6) is 5.75 Å². The molecule has 0 saturated carbocycles. The van der Waals surface area contributed by atoms with Crippen molar-refractivity contribution in [2.24, 2.45) is 0 Å². The molecule has 3 heterocycles. The van der Waals surface area contributed by atoms with Crippen LogP contribution in [0.1, 0.15) is 30.2 Å². The number of nitrogens with zero attached hydrogens (tertiary/aromatic N) is 2. The molecule has 3 aromatic rings. The van der Waals surface area contributed by atoms with E-state index in [1.807, 2.05) is 42.6 Å². The van der Waals surface area contributed by atoms with Gasteiger partial charge in [0.25, 0.3) is 0 Å². The van der Waals surface area contributed by atoms with E-state index in [1.165, 1.54) is 16.6 Å². The summed E-state index contributed by atoms with van der Waals surface area (Å²) in [6, 6.07) is 14.1. The zero-order valence-corrected chi connectivity index (χ0v) is 15.1. The molecular weight excluding hydrogens is 326 g/mol. The lowest BCUT2D eigenvalue weighted by Crippen LogP contribution is -2.24. The maximum Gasteiger partial charge on any atom is 0.137 e. The van der Waals surface area contributed by atoms with Crippen LogP contribution in [0.15, 0.2) is 48.7 Å². The molecule has 1 unspecified atom stereocenters. The molecule has 5 heteroatoms. The molecule has 1 fully saturated rings. The molecule has 1 aliphatic heterocycles. The van der Waals surface area contributed by atoms with E-state index in [0.29, 0.717) is 6.61 Å². The van der Waals surface area contributed by atoms with Crippen molar-refractivity contribution in [3.63, 3.8) is 0 Å². The van der Waals surface area contributed by atoms with Gasteiger partial charge >= 0.3 is 0 Å². The van der Waals surface area contributed by atoms with Gasteiger partial charge in [-0.25, -0.2) is 4.98 Å². The summed E-state index contributed by atoms with van der Waals surface area (Å²) in [6.07, 6.45) is 4.18. The zero-order valence-electron chi connectivity index (χ0n) is 15.1. The molecule has 1 aliphatic rings. The van der Waals surface area contributed by atoms with Gasteiger partial charge in [-0.15, -0.1) is 0 Å². The van der Waals surface area contributed by atoms with Gasteiger partial charge in [0.05, 0.1) is 11.8 Å². The number of rotatable bonds is 7. The van der Waals surface area contributed by atoms with E-state index in [0.717, 1.165) is 43.9 Å². The number of H-pyrrole nitrogens is 1. The molecule has 0 radical (unpaired) electrons. The number of pyridine rings is 1. The first-order chi connectivity index (χ1) is 12.8. The number of hydrogen-bond donors (Lipinski definition) is 1. The molecule has 0 bridgehead atoms. The molecule has 26 heavy (non-hydrogen) atoms. The van der Waals surface area contributed by atoms with Gasteiger partial charge < -0.3 is 14.5 Å². The summed E-state index contributed by atoms with van der Waals surface area (Å²) in [4.78, 5) is 10.3. The van der Waals surface area contributed by atoms with Crippen molar-refractivity contribution in [2.45, 2.75) is 25.5 Å². The summed E-state index contributed by atoms with van der Waals surface area (Å²) < 4.78 is 11.8. The molecule has 1 aromatic carbocycles. The van der Waals surface area contributed by atoms with Gasteiger partial charge in [0.1, 0.15) is 18.0 Å². The number of likely N-dealkylation sites (N-methyl/N-ethyl adjacent to an activating group) is 1. The second-order valence-electron chi connectivity index (χ2n) is 6.82. The summed E-state index contributed by atoms with van der Waals surface area (Å²) in [7, 11) is 2.13. The molecule has 4 rings (SSSR count). The van der Waals surface area contributed by atoms with Crippen LogP contribution in [0.3, 0.4) is 0 Å². The number of aromatic nitrogens is 2. The molecule has 1 atom stereocenters. The number of hydrogen-bond acceptors (Lipinski definition) is 4. The van der Waals surface area contributed by atoms with Crippen LogP contribution in [-0.4, -0.2) is 41.7 Å². The minimum Gasteiger partial charge on any atom is -0.492 e. The highest BCUT2D eigenvalue weighted by Gasteiger charge is 2.24. The first-order valence-corrected chi connectivity index (χ1v) is 9.25. The largest absolute Gasteiger partial charge is 0.492 e. The van der Waals surface area contributed by atoms with E-state index < -0.39 is 0 Å². The Hall–Kier alpha value is -2.37. The topological polar surface area (TPSA) is 50.4 Å². The van der Waals surface area contributed by atoms with Gasteiger partial charge in [-0.1, -0.05) is 18.2 Å². The summed E-state index contributed by atoms with van der Waals surface area (Å²) in [6.45, 7) is 3.20. The normalized spacial score (nSPS) is 17.2. The van der Waals surface area contributed by atoms with E-state index in [9.17, 15) is 0 Å². The third kappa shape index (κ3) is 3.74. The Bertz CT molecular complexity index is 841. The molecule has 0 amide bonds. The Morgan fingerprint density at radius 2 is 2.12 bits per heavy atom. The zero-order chi connectivity index (χ0) is 17.8. The van der Waals surface area contributed by atoms with Gasteiger partial charge in [0.2, 0.25) is 0 Å². The van der Waals surface area contributed by atoms with Gasteiger partial charge in [-0.3, -0.25) is 4.90 Å². The predicted molar refractivity (Wildman–Crippen MR) is 102 cm³/mol. The quantitative estimate of drug-likeness (QED) is 0.701. The average molecular weight is 351 g/mol. The summed E-state index contributed by atoms with van der Waals surface area (Å²) in [5.74, 6) is 0.914. The average Bonchev–Trinajstić information content (AvgIpc) is 3.31. The highest BCUT2D eigenvalue weighted by molar-refractivity contribution is 5.81. The molecule has 136 valence electrons. The van der Waals surface area contributed by atoms with Gasteiger partial charge in [0.15, 0.2) is 0 Å². The number of fused-ring (bicyclic) bond motifs is 1. The van der Waals surface area contributed by atoms with Crippen LogP contribution >= 0.6 is 0 Å². The van der Waals surface area contributed by atoms with Crippen molar-refractivity contribution in [1.29, 1.82) is 0 Å². The van der Waals surface area contributed by atoms with E-state index in [4.69, 9.17) is 9.47 Å². The Morgan fingerprint density at radius 3 is 2.92 bits per heavy atom. The van der Waals surface area contributed by atoms with Crippen molar-refractivity contribution in [2.75, 3.05) is 26.8 Å². The molecule has 0 aliphatic carbocycles. The first-order valence-electron chi connectivity index (χ1n) is 9.25. The summed E-state index contributed by atoms with van der Waals surface area (Å²) in [5.41, 5.74) is 3.43. The molecule has 5 nitrogen and oxygen atoms in total. The Kier molecular flexibility index (Phi) is 5.18. The lowest BCUT2D eigenvalue weighted by molar-refractivity contribution is 0.107. The molecule has 0 spiro atoms. The van der Waals surface area contributed by atoms with Gasteiger partial charge in [-0.05, 0) is 49.7 Å². The number of benzene rings is 1. The Labute approximate surface area is 153 Å². The van der Waals surface area contributed by atoms with Crippen molar-refractivity contribution < 1.29 is 9.47 Å². The van der Waals surface area contributed by atoms with Gasteiger partial charge in [0, 0.05) is 31.3 Å². The first kappa shape index (κ1) is 17.1. The minimum absolute atomic E-state index is 0.160. The third-order valence-corrected chi connectivity index (χ3v) is 4.88. The molecule has 1 saturated heterocycles. The monoisotopic (exact) mass is 351 g/mol. The van der Waals surface area contributed by atoms with Crippen LogP contribution in [0.4, 0.5) is 0 Å². The van der Waals surface area contributed by atoms with Crippen LogP contribution in [0.2, 0.25) is 0 Å². The Morgan fingerprint density at radius 1 is 1.23 bits per heavy atom. The predicted octanol–water partition coefficient (Wildman–Crippen LogP) is 3.93. The van der Waals surface area contributed by atoms with Crippen LogP contribution < -0.4 is 4.74 Å². The highest BCUT2D eigenvalue weighted by atomic mass is 16.5. The summed E-state index contributed by atoms with van der Waals surface area (Å²) >= 11 is 0. The fourth-order valence-corrected chi connectivity index (χ4v) is 3.53. The smallest absolute Gasteiger partial charge is 0.137 e. The standard InChI is InChI=1S/C21H25N3O2/c1-24(12-14-25-16-7-3-2-4-8-16)15-18-17-9-5-11-22-21(17)23-20(18)19-10-6-13-26-19/h2-5,7-9,11,19H,6,10,12-15H2,1H3,(H,22,23). The van der Waals surface area contributed by atoms with Crippen molar-refractivity contribution in [3.8, 4) is 5.75 Å². The van der Waals surface area contributed by atoms with E-state index >= 15 is 0 Å². The fraction of sp³-hybridized carbons (Fsp3) is 0.381. The van der Waals surface area contributed by atoms with Crippen LogP contribution in [-0.2, 0) is 11.3 Å². The Balaban J connectivity index is 1.46. The SMILES string of the molecule is CN(CCOc1ccccc1)Cc1c(C2CCCO2)[nH]c2ncccc12. The van der Waals surface area contributed by atoms with E-state index in [2.05, 4.69) is 28.0 Å².